The Morgan fingerprint density at radius 1 is 0.968 bits per heavy atom. The van der Waals surface area contributed by atoms with Gasteiger partial charge in [0.1, 0.15) is 54.5 Å². The number of nitrogens with one attached hydrogen (secondary N) is 3. The van der Waals surface area contributed by atoms with Crippen molar-refractivity contribution in [3.8, 4) is 6.07 Å². The molecule has 1 aliphatic carbocycles. The third-order valence-corrected chi connectivity index (χ3v) is 12.3. The number of likely N-dealkylation sites (tertiary alicyclic amines) is 1. The van der Waals surface area contributed by atoms with Crippen LogP contribution in [0, 0.1) is 23.2 Å². The molecule has 2 aromatic rings. The van der Waals surface area contributed by atoms with Crippen LogP contribution in [0.25, 0.3) is 11.0 Å². The van der Waals surface area contributed by atoms with Crippen LogP contribution < -0.4 is 16.0 Å². The summed E-state index contributed by atoms with van der Waals surface area (Å²) in [6, 6.07) is 1.62. The van der Waals surface area contributed by atoms with E-state index in [0.717, 1.165) is 6.42 Å². The van der Waals surface area contributed by atoms with Gasteiger partial charge in [-0.25, -0.2) is 9.37 Å². The first-order valence-electron chi connectivity index (χ1n) is 20.8. The highest BCUT2D eigenvalue weighted by molar-refractivity contribution is 5.93. The first kappa shape index (κ1) is 46.8. The summed E-state index contributed by atoms with van der Waals surface area (Å²) in [4.78, 5) is 62.4. The van der Waals surface area contributed by atoms with Gasteiger partial charge in [0.15, 0.2) is 24.3 Å². The molecule has 2 aromatic heterocycles. The molecular weight excluding hydrogens is 814 g/mol. The number of piperidine rings is 1. The number of ether oxygens (including phenoxy) is 5. The molecule has 0 radical (unpaired) electrons. The van der Waals surface area contributed by atoms with E-state index < -0.39 is 79.8 Å². The van der Waals surface area contributed by atoms with Gasteiger partial charge in [0.2, 0.25) is 18.1 Å². The summed E-state index contributed by atoms with van der Waals surface area (Å²) in [5.74, 6) is -0.439. The van der Waals surface area contributed by atoms with E-state index in [1.54, 1.807) is 17.2 Å². The van der Waals surface area contributed by atoms with Crippen LogP contribution in [0.3, 0.4) is 0 Å². The predicted octanol–water partition coefficient (Wildman–Crippen LogP) is -1.76. The number of hydrogen-bond donors (Lipinski definition) is 7. The van der Waals surface area contributed by atoms with Crippen LogP contribution in [-0.4, -0.2) is 189 Å². The fourth-order valence-electron chi connectivity index (χ4n) is 8.75. The number of methoxy groups -OCH3 is 2. The fraction of sp³-hybridized carbons (Fsp3) is 0.700. The van der Waals surface area contributed by atoms with Gasteiger partial charge in [-0.2, -0.15) is 10.2 Å². The number of nitriles is 1. The molecule has 3 saturated heterocycles. The van der Waals surface area contributed by atoms with Crippen molar-refractivity contribution in [2.24, 2.45) is 11.8 Å². The molecular formula is C40H58N9O13+. The first-order chi connectivity index (χ1) is 29.7. The largest absolute Gasteiger partial charge is 0.394 e. The molecule has 7 unspecified atom stereocenters. The van der Waals surface area contributed by atoms with Crippen molar-refractivity contribution >= 4 is 46.8 Å². The molecule has 1 saturated carbocycles. The molecule has 5 heterocycles. The molecule has 7 N–H and O–H groups in total. The average molecular weight is 873 g/mol. The second kappa shape index (κ2) is 20.7. The quantitative estimate of drug-likeness (QED) is 0.0918. The van der Waals surface area contributed by atoms with Crippen LogP contribution in [0.4, 0.5) is 10.6 Å². The summed E-state index contributed by atoms with van der Waals surface area (Å²) in [7, 11) is 4.40. The lowest BCUT2D eigenvalue weighted by atomic mass is 9.87. The minimum absolute atomic E-state index is 0.0297. The van der Waals surface area contributed by atoms with Crippen molar-refractivity contribution in [2.45, 2.75) is 126 Å². The molecule has 0 bridgehead atoms. The smallest absolute Gasteiger partial charge is 0.335 e. The van der Waals surface area contributed by atoms with Gasteiger partial charge < -0.3 is 65.0 Å². The fourth-order valence-corrected chi connectivity index (χ4v) is 8.75. The van der Waals surface area contributed by atoms with E-state index in [9.17, 15) is 39.6 Å². The van der Waals surface area contributed by atoms with E-state index in [1.165, 1.54) is 32.0 Å². The number of hydrogen-bond acceptors (Lipinski definition) is 16. The molecule has 3 aliphatic heterocycles. The zero-order valence-electron chi connectivity index (χ0n) is 35.4. The normalized spacial score (nSPS) is 34.3. The standard InChI is InChI=1S/C40H57N9O13/c1-20-11-14-48(27(52)10-13-41)17-22(20)16-47(3)35-25-12-15-49(36(25)43-19-42-35)40(57)46-24-8-6-23(7-9-24)45-37(56)34-33(58-4)30(54)31(55)39(62-34)61-32-28(44-21(2)51)38(59-5)60-26(18-50)29(32)53/h12,15-16,19-20,22-24,26,28-34,38-39,50,53-55H,6-11,14,17-18H2,1-5H3,(H2-,44,45,46,51,56,57)/p+1/b47-16+/t20-,22?,23?,24?,26?,28?,29-,30?,31?,32?,33+,34?,38-,39-/m1/s1. The number of carbonyl (C=O) groups is 4. The molecule has 340 valence electrons. The topological polar surface area (TPSA) is 292 Å². The van der Waals surface area contributed by atoms with Crippen LogP contribution in [0.15, 0.2) is 18.6 Å². The van der Waals surface area contributed by atoms with E-state index in [2.05, 4.69) is 32.8 Å². The molecule has 22 heteroatoms. The molecule has 4 aliphatic rings. The minimum Gasteiger partial charge on any atom is -0.394 e. The minimum atomic E-state index is -1.76. The molecule has 12 atom stereocenters. The van der Waals surface area contributed by atoms with Gasteiger partial charge in [-0.1, -0.05) is 6.92 Å². The number of rotatable bonds is 12. The number of aliphatic hydroxyl groups is 4. The summed E-state index contributed by atoms with van der Waals surface area (Å²) >= 11 is 0. The Hall–Kier alpha value is -4.70. The first-order valence-corrected chi connectivity index (χ1v) is 20.8. The summed E-state index contributed by atoms with van der Waals surface area (Å²) in [5, 5.41) is 61.1. The predicted molar refractivity (Wildman–Crippen MR) is 214 cm³/mol. The Morgan fingerprint density at radius 3 is 2.32 bits per heavy atom. The molecule has 0 spiro atoms. The Kier molecular flexibility index (Phi) is 15.6. The van der Waals surface area contributed by atoms with Crippen LogP contribution in [-0.2, 0) is 38.1 Å². The number of aliphatic hydroxyl groups excluding tert-OH is 4. The van der Waals surface area contributed by atoms with E-state index >= 15 is 0 Å². The number of nitrogens with zero attached hydrogens (tertiary/aromatic N) is 6. The van der Waals surface area contributed by atoms with Crippen molar-refractivity contribution in [3.63, 3.8) is 0 Å². The number of amides is 4. The number of aromatic nitrogens is 3. The van der Waals surface area contributed by atoms with Crippen molar-refractivity contribution < 1.29 is 67.9 Å². The lowest BCUT2D eigenvalue weighted by Crippen LogP contribution is -2.68. The molecule has 6 rings (SSSR count). The maximum Gasteiger partial charge on any atom is 0.335 e. The van der Waals surface area contributed by atoms with Gasteiger partial charge in [-0.05, 0) is 49.1 Å². The SMILES string of the molecule is CO[C@@H]1OC(CO)[C@@H](O)C(O[C@@H]2OC(C(=O)NC3CCC(NC(=O)n4ccc5c(/[N+](C)=C/C6CN(C(=O)CC#N)CC[C@H]6C)ncnc54)CC3)[C@@H](OC)C(O)C2O)C1NC(C)=O. The van der Waals surface area contributed by atoms with E-state index in [-0.39, 0.29) is 36.4 Å². The summed E-state index contributed by atoms with van der Waals surface area (Å²) in [5.41, 5.74) is 0.412. The van der Waals surface area contributed by atoms with Crippen LogP contribution in [0.1, 0.15) is 52.4 Å². The second-order valence-corrected chi connectivity index (χ2v) is 16.4. The third kappa shape index (κ3) is 10.2. The third-order valence-electron chi connectivity index (χ3n) is 12.3. The maximum absolute atomic E-state index is 13.7. The highest BCUT2D eigenvalue weighted by atomic mass is 16.7. The van der Waals surface area contributed by atoms with Crippen LogP contribution >= 0.6 is 0 Å². The molecule has 62 heavy (non-hydrogen) atoms. The van der Waals surface area contributed by atoms with Crippen molar-refractivity contribution in [3.05, 3.63) is 18.6 Å². The van der Waals surface area contributed by atoms with Crippen molar-refractivity contribution in [1.29, 1.82) is 5.26 Å². The van der Waals surface area contributed by atoms with Gasteiger partial charge in [0.05, 0.1) is 25.9 Å². The lowest BCUT2D eigenvalue weighted by Gasteiger charge is -2.47. The monoisotopic (exact) mass is 872 g/mol. The van der Waals surface area contributed by atoms with E-state index in [0.29, 0.717) is 61.5 Å². The number of fused-ring (bicyclic) bond motifs is 1. The average Bonchev–Trinajstić information content (AvgIpc) is 3.70. The highest BCUT2D eigenvalue weighted by Gasteiger charge is 2.53. The molecule has 0 aromatic carbocycles. The lowest BCUT2D eigenvalue weighted by molar-refractivity contribution is -0.405. The van der Waals surface area contributed by atoms with Gasteiger partial charge in [-0.3, -0.25) is 19.0 Å². The van der Waals surface area contributed by atoms with Crippen LogP contribution in [0.2, 0.25) is 0 Å². The maximum atomic E-state index is 13.7. The van der Waals surface area contributed by atoms with E-state index in [1.807, 2.05) is 23.9 Å². The van der Waals surface area contributed by atoms with Gasteiger partial charge in [-0.15, -0.1) is 0 Å². The number of carbonyl (C=O) groups excluding carboxylic acids is 4. The summed E-state index contributed by atoms with van der Waals surface area (Å²) < 4.78 is 31.5. The van der Waals surface area contributed by atoms with Crippen molar-refractivity contribution in [2.75, 3.05) is 41.0 Å². The Bertz CT molecular complexity index is 1990. The zero-order chi connectivity index (χ0) is 44.8. The summed E-state index contributed by atoms with van der Waals surface area (Å²) in [6.07, 6.45) is -5.53. The Balaban J connectivity index is 1.06. The van der Waals surface area contributed by atoms with E-state index in [4.69, 9.17) is 28.9 Å². The van der Waals surface area contributed by atoms with Gasteiger partial charge in [0, 0.05) is 58.4 Å². The summed E-state index contributed by atoms with van der Waals surface area (Å²) in [6.45, 7) is 3.82. The van der Waals surface area contributed by atoms with Crippen LogP contribution in [0.5, 0.6) is 0 Å². The Labute approximate surface area is 358 Å². The Morgan fingerprint density at radius 2 is 1.68 bits per heavy atom. The second-order valence-electron chi connectivity index (χ2n) is 16.4. The van der Waals surface area contributed by atoms with Gasteiger partial charge >= 0.3 is 11.8 Å². The highest BCUT2D eigenvalue weighted by Crippen LogP contribution is 2.32. The van der Waals surface area contributed by atoms with Crippen molar-refractivity contribution in [1.82, 2.24) is 35.4 Å². The molecule has 4 fully saturated rings. The molecule has 4 amide bonds. The van der Waals surface area contributed by atoms with Gasteiger partial charge in [0.25, 0.3) is 5.91 Å². The zero-order valence-corrected chi connectivity index (χ0v) is 35.4. The molecule has 22 nitrogen and oxygen atoms in total.